The zero-order chi connectivity index (χ0) is 27.7. The Morgan fingerprint density at radius 3 is 1.85 bits per heavy atom. The topological polar surface area (TPSA) is 110 Å². The fraction of sp³-hybridized carbons (Fsp3) is 0.0312. The zero-order valence-electron chi connectivity index (χ0n) is 21.2. The summed E-state index contributed by atoms with van der Waals surface area (Å²) in [5, 5.41) is 6.08. The largest absolute Gasteiger partial charge is 0.419 e. The first-order valence-electron chi connectivity index (χ1n) is 12.5. The molecule has 40 heavy (non-hydrogen) atoms. The Labute approximate surface area is 230 Å². The lowest BCUT2D eigenvalue weighted by atomic mass is 10.1. The molecule has 0 spiro atoms. The minimum atomic E-state index is -1.41. The number of esters is 1. The van der Waals surface area contributed by atoms with E-state index in [-0.39, 0.29) is 5.56 Å². The van der Waals surface area contributed by atoms with Gasteiger partial charge in [-0.2, -0.15) is 0 Å². The molecule has 196 valence electrons. The molecule has 4 aromatic carbocycles. The van der Waals surface area contributed by atoms with Gasteiger partial charge in [-0.05, 0) is 54.1 Å². The van der Waals surface area contributed by atoms with E-state index in [1.54, 1.807) is 97.2 Å². The number of benzene rings is 4. The molecule has 0 bridgehead atoms. The van der Waals surface area contributed by atoms with E-state index in [0.717, 1.165) is 16.5 Å². The normalized spacial score (nSPS) is 10.9. The maximum Gasteiger partial charge on any atom is 0.341 e. The molecule has 1 aromatic heterocycles. The van der Waals surface area contributed by atoms with Crippen molar-refractivity contribution in [1.29, 1.82) is 0 Å². The number of rotatable bonds is 8. The summed E-state index contributed by atoms with van der Waals surface area (Å²) in [5.74, 6) is -1.18. The third kappa shape index (κ3) is 6.62. The van der Waals surface area contributed by atoms with Crippen LogP contribution in [-0.2, 0) is 4.74 Å². The van der Waals surface area contributed by atoms with E-state index >= 15 is 0 Å². The number of ether oxygens (including phenoxy) is 1. The summed E-state index contributed by atoms with van der Waals surface area (Å²) < 4.78 is 5.49. The van der Waals surface area contributed by atoms with E-state index in [2.05, 4.69) is 20.6 Å². The van der Waals surface area contributed by atoms with Gasteiger partial charge in [-0.25, -0.2) is 14.8 Å². The molecule has 0 radical (unpaired) electrons. The van der Waals surface area contributed by atoms with Gasteiger partial charge in [-0.1, -0.05) is 72.8 Å². The first kappa shape index (κ1) is 26.0. The van der Waals surface area contributed by atoms with Crippen molar-refractivity contribution in [3.63, 3.8) is 0 Å². The summed E-state index contributed by atoms with van der Waals surface area (Å²) in [5.41, 5.74) is 2.61. The lowest BCUT2D eigenvalue weighted by Crippen LogP contribution is -2.50. The molecule has 5 aromatic rings. The summed E-state index contributed by atoms with van der Waals surface area (Å²) in [4.78, 5) is 47.3. The fourth-order valence-electron chi connectivity index (χ4n) is 3.82. The SMILES string of the molecule is O=C(NC(NC(=O)c1ccccc1)OC(=O)c1ccc(/C=C/c2ncc3ccccc3n2)cc1)c1ccccc1. The predicted molar refractivity (Wildman–Crippen MR) is 152 cm³/mol. The van der Waals surface area contributed by atoms with Crippen LogP contribution < -0.4 is 10.6 Å². The third-order valence-electron chi connectivity index (χ3n) is 5.90. The van der Waals surface area contributed by atoms with Crippen molar-refractivity contribution in [3.8, 4) is 0 Å². The van der Waals surface area contributed by atoms with Crippen LogP contribution in [0.15, 0.2) is 115 Å². The van der Waals surface area contributed by atoms with Crippen LogP contribution in [0.4, 0.5) is 0 Å². The molecule has 2 amide bonds. The second-order valence-corrected chi connectivity index (χ2v) is 8.71. The summed E-state index contributed by atoms with van der Waals surface area (Å²) in [6, 6.07) is 31.3. The highest BCUT2D eigenvalue weighted by atomic mass is 16.6. The Hall–Kier alpha value is -5.63. The first-order chi connectivity index (χ1) is 19.5. The zero-order valence-corrected chi connectivity index (χ0v) is 21.2. The summed E-state index contributed by atoms with van der Waals surface area (Å²) >= 11 is 0. The van der Waals surface area contributed by atoms with Gasteiger partial charge < -0.3 is 4.74 Å². The Balaban J connectivity index is 1.27. The Kier molecular flexibility index (Phi) is 7.98. The van der Waals surface area contributed by atoms with Crippen molar-refractivity contribution in [2.45, 2.75) is 6.35 Å². The number of hydrogen-bond acceptors (Lipinski definition) is 6. The molecule has 0 saturated heterocycles. The van der Waals surface area contributed by atoms with Gasteiger partial charge in [0.1, 0.15) is 0 Å². The van der Waals surface area contributed by atoms with Crippen molar-refractivity contribution in [2.24, 2.45) is 0 Å². The Bertz CT molecular complexity index is 1620. The average Bonchev–Trinajstić information content (AvgIpc) is 3.01. The van der Waals surface area contributed by atoms with Crippen LogP contribution >= 0.6 is 0 Å². The van der Waals surface area contributed by atoms with Crippen LogP contribution in [0, 0.1) is 0 Å². The molecule has 5 rings (SSSR count). The van der Waals surface area contributed by atoms with Crippen molar-refractivity contribution >= 4 is 40.8 Å². The number of nitrogens with zero attached hydrogens (tertiary/aromatic N) is 2. The van der Waals surface area contributed by atoms with Crippen molar-refractivity contribution in [3.05, 3.63) is 143 Å². The number of nitrogens with one attached hydrogen (secondary N) is 2. The molecule has 0 atom stereocenters. The smallest absolute Gasteiger partial charge is 0.341 e. The van der Waals surface area contributed by atoms with E-state index in [9.17, 15) is 14.4 Å². The van der Waals surface area contributed by atoms with E-state index in [1.165, 1.54) is 0 Å². The van der Waals surface area contributed by atoms with Crippen LogP contribution in [0.5, 0.6) is 0 Å². The second kappa shape index (κ2) is 12.3. The number of aromatic nitrogens is 2. The van der Waals surface area contributed by atoms with E-state index < -0.39 is 24.1 Å². The molecule has 0 aliphatic carbocycles. The standard InChI is InChI=1S/C32H24N4O4/c37-29(23-9-3-1-4-10-23)35-32(36-30(38)24-11-5-2-6-12-24)40-31(39)25-18-15-22(16-19-25)17-20-28-33-21-26-13-7-8-14-27(26)34-28/h1-21,32H,(H,35,37)(H,36,38)/b20-17+. The van der Waals surface area contributed by atoms with Crippen LogP contribution in [0.1, 0.15) is 42.5 Å². The molecule has 0 aliphatic heterocycles. The van der Waals surface area contributed by atoms with Crippen molar-refractivity contribution in [2.75, 3.05) is 0 Å². The molecule has 0 saturated carbocycles. The van der Waals surface area contributed by atoms with Gasteiger partial charge in [-0.15, -0.1) is 0 Å². The molecule has 8 heteroatoms. The number of para-hydroxylation sites is 1. The van der Waals surface area contributed by atoms with E-state index in [4.69, 9.17) is 4.74 Å². The lowest BCUT2D eigenvalue weighted by Gasteiger charge is -2.20. The summed E-state index contributed by atoms with van der Waals surface area (Å²) in [6.07, 6.45) is 3.98. The highest BCUT2D eigenvalue weighted by Gasteiger charge is 2.21. The molecular weight excluding hydrogens is 504 g/mol. The highest BCUT2D eigenvalue weighted by Crippen LogP contribution is 2.13. The summed E-state index contributed by atoms with van der Waals surface area (Å²) in [7, 11) is 0. The van der Waals surface area contributed by atoms with Crippen molar-refractivity contribution < 1.29 is 19.1 Å². The van der Waals surface area contributed by atoms with Gasteiger partial charge in [0.2, 0.25) is 0 Å². The van der Waals surface area contributed by atoms with Gasteiger partial charge in [0.05, 0.1) is 11.1 Å². The van der Waals surface area contributed by atoms with Gasteiger partial charge in [-0.3, -0.25) is 20.2 Å². The van der Waals surface area contributed by atoms with Crippen LogP contribution in [-0.4, -0.2) is 34.1 Å². The van der Waals surface area contributed by atoms with Gasteiger partial charge in [0.15, 0.2) is 5.82 Å². The predicted octanol–water partition coefficient (Wildman–Crippen LogP) is 5.10. The van der Waals surface area contributed by atoms with E-state index in [0.29, 0.717) is 17.0 Å². The van der Waals surface area contributed by atoms with Crippen LogP contribution in [0.2, 0.25) is 0 Å². The van der Waals surface area contributed by atoms with Crippen molar-refractivity contribution in [1.82, 2.24) is 20.6 Å². The first-order valence-corrected chi connectivity index (χ1v) is 12.5. The lowest BCUT2D eigenvalue weighted by molar-refractivity contribution is 0.0126. The second-order valence-electron chi connectivity index (χ2n) is 8.71. The van der Waals surface area contributed by atoms with Gasteiger partial charge in [0, 0.05) is 22.7 Å². The molecule has 8 nitrogen and oxygen atoms in total. The number of fused-ring (bicyclic) bond motifs is 1. The molecule has 2 N–H and O–H groups in total. The quantitative estimate of drug-likeness (QED) is 0.214. The maximum atomic E-state index is 12.9. The number of amides is 2. The molecular formula is C32H24N4O4. The molecule has 0 aliphatic rings. The van der Waals surface area contributed by atoms with Crippen LogP contribution in [0.25, 0.3) is 23.1 Å². The molecule has 0 fully saturated rings. The van der Waals surface area contributed by atoms with E-state index in [1.807, 2.05) is 30.3 Å². The average molecular weight is 529 g/mol. The minimum absolute atomic E-state index is 0.243. The number of carbonyl (C=O) groups excluding carboxylic acids is 3. The van der Waals surface area contributed by atoms with Gasteiger partial charge >= 0.3 is 5.97 Å². The molecule has 0 unspecified atom stereocenters. The Morgan fingerprint density at radius 2 is 1.23 bits per heavy atom. The number of carbonyl (C=O) groups is 3. The number of hydrogen-bond donors (Lipinski definition) is 2. The third-order valence-corrected chi connectivity index (χ3v) is 5.90. The highest BCUT2D eigenvalue weighted by molar-refractivity contribution is 5.97. The molecule has 1 heterocycles. The summed E-state index contributed by atoms with van der Waals surface area (Å²) in [6.45, 7) is 0. The monoisotopic (exact) mass is 528 g/mol. The van der Waals surface area contributed by atoms with Gasteiger partial charge in [0.25, 0.3) is 18.2 Å². The van der Waals surface area contributed by atoms with Crippen LogP contribution in [0.3, 0.4) is 0 Å². The fourth-order valence-corrected chi connectivity index (χ4v) is 3.82. The minimum Gasteiger partial charge on any atom is -0.419 e. The Morgan fingerprint density at radius 1 is 0.650 bits per heavy atom. The maximum absolute atomic E-state index is 12.9.